The Labute approximate surface area is 76.3 Å². The van der Waals surface area contributed by atoms with Crippen LogP contribution in [0.15, 0.2) is 0 Å². The predicted octanol–water partition coefficient (Wildman–Crippen LogP) is 1.78. The molecule has 0 aromatic heterocycles. The summed E-state index contributed by atoms with van der Waals surface area (Å²) < 4.78 is 15.9. The van der Waals surface area contributed by atoms with Crippen LogP contribution in [-0.4, -0.2) is 36.5 Å². The quantitative estimate of drug-likeness (QED) is 0.454. The summed E-state index contributed by atoms with van der Waals surface area (Å²) in [6.07, 6.45) is 1.03. The van der Waals surface area contributed by atoms with Gasteiger partial charge in [0.1, 0.15) is 0 Å². The largest absolute Gasteiger partial charge is 0.398 e. The lowest BCUT2D eigenvalue weighted by molar-refractivity contribution is 0.189. The Morgan fingerprint density at radius 3 is 2.00 bits per heavy atom. The maximum Gasteiger partial charge on any atom is 0.337 e. The van der Waals surface area contributed by atoms with Gasteiger partial charge in [0.05, 0.1) is 0 Å². The topological polar surface area (TPSA) is 27.7 Å². The van der Waals surface area contributed by atoms with E-state index in [1.165, 1.54) is 0 Å². The van der Waals surface area contributed by atoms with Crippen LogP contribution in [0.4, 0.5) is 0 Å². The summed E-state index contributed by atoms with van der Waals surface area (Å²) in [6.45, 7) is 2.91. The Morgan fingerprint density at radius 2 is 1.67 bits per heavy atom. The van der Waals surface area contributed by atoms with E-state index in [4.69, 9.17) is 13.6 Å². The van der Waals surface area contributed by atoms with E-state index >= 15 is 0 Å². The van der Waals surface area contributed by atoms with Gasteiger partial charge in [0.15, 0.2) is 0 Å². The minimum absolute atomic E-state index is 0.793. The van der Waals surface area contributed by atoms with Crippen LogP contribution in [0, 0.1) is 0 Å². The molecule has 0 aliphatic rings. The zero-order valence-electron chi connectivity index (χ0n) is 8.55. The Hall–Kier alpha value is 0.0969. The third-order valence-corrected chi connectivity index (χ3v) is 5.87. The third-order valence-electron chi connectivity index (χ3n) is 2.19. The van der Waals surface area contributed by atoms with E-state index in [0.29, 0.717) is 0 Å². The van der Waals surface area contributed by atoms with E-state index in [0.717, 1.165) is 25.1 Å². The summed E-state index contributed by atoms with van der Waals surface area (Å²) in [4.78, 5) is 0. The second-order valence-electron chi connectivity index (χ2n) is 2.77. The molecule has 0 bridgehead atoms. The molecular weight excluding hydrogens is 172 g/mol. The molecule has 0 spiro atoms. The van der Waals surface area contributed by atoms with Gasteiger partial charge < -0.3 is 13.6 Å². The van der Waals surface area contributed by atoms with Crippen molar-refractivity contribution < 1.29 is 13.6 Å². The molecular formula is C8H20O3Si. The molecule has 0 saturated carbocycles. The molecule has 0 rings (SSSR count). The summed E-state index contributed by atoms with van der Waals surface area (Å²) in [5.41, 5.74) is 0. The van der Waals surface area contributed by atoms with E-state index < -0.39 is 8.56 Å². The lowest BCUT2D eigenvalue weighted by atomic mass is 10.5. The number of methoxy groups -OCH3 is 1. The maximum atomic E-state index is 5.44. The number of rotatable bonds is 7. The molecule has 0 aliphatic heterocycles. The summed E-state index contributed by atoms with van der Waals surface area (Å²) in [7, 11) is 3.37. The molecule has 0 aliphatic carbocycles. The molecule has 12 heavy (non-hydrogen) atoms. The van der Waals surface area contributed by atoms with Gasteiger partial charge in [-0.15, -0.1) is 0 Å². The zero-order valence-corrected chi connectivity index (χ0v) is 9.55. The summed E-state index contributed by atoms with van der Waals surface area (Å²) in [5, 5.41) is 0. The van der Waals surface area contributed by atoms with Crippen molar-refractivity contribution in [3.63, 3.8) is 0 Å². The van der Waals surface area contributed by atoms with Gasteiger partial charge in [0, 0.05) is 27.9 Å². The highest BCUT2D eigenvalue weighted by Crippen LogP contribution is 2.18. The minimum atomic E-state index is -1.83. The van der Waals surface area contributed by atoms with Gasteiger partial charge in [0.2, 0.25) is 0 Å². The average molecular weight is 192 g/mol. The molecule has 0 aromatic rings. The van der Waals surface area contributed by atoms with Gasteiger partial charge >= 0.3 is 8.56 Å². The molecule has 0 radical (unpaired) electrons. The lowest BCUT2D eigenvalue weighted by Gasteiger charge is -2.25. The van der Waals surface area contributed by atoms with Crippen molar-refractivity contribution in [2.24, 2.45) is 0 Å². The SMILES string of the molecule is CC[Si](CCCOC)(OC)OC. The van der Waals surface area contributed by atoms with Crippen LogP contribution in [0.2, 0.25) is 12.1 Å². The monoisotopic (exact) mass is 192 g/mol. The van der Waals surface area contributed by atoms with Crippen LogP contribution in [-0.2, 0) is 13.6 Å². The van der Waals surface area contributed by atoms with Crippen LogP contribution < -0.4 is 0 Å². The fraction of sp³-hybridized carbons (Fsp3) is 1.00. The van der Waals surface area contributed by atoms with Crippen molar-refractivity contribution in [2.45, 2.75) is 25.4 Å². The molecule has 0 atom stereocenters. The number of ether oxygens (including phenoxy) is 1. The fourth-order valence-corrected chi connectivity index (χ4v) is 3.43. The minimum Gasteiger partial charge on any atom is -0.398 e. The van der Waals surface area contributed by atoms with Crippen molar-refractivity contribution in [1.82, 2.24) is 0 Å². The standard InChI is InChI=1S/C8H20O3Si/c1-5-12(10-3,11-4)8-6-7-9-2/h5-8H2,1-4H3. The number of hydrogen-bond donors (Lipinski definition) is 0. The van der Waals surface area contributed by atoms with Crippen molar-refractivity contribution in [3.05, 3.63) is 0 Å². The molecule has 74 valence electrons. The highest BCUT2D eigenvalue weighted by Gasteiger charge is 2.32. The van der Waals surface area contributed by atoms with Crippen LogP contribution in [0.1, 0.15) is 13.3 Å². The van der Waals surface area contributed by atoms with Crippen molar-refractivity contribution in [3.8, 4) is 0 Å². The number of hydrogen-bond acceptors (Lipinski definition) is 3. The highest BCUT2D eigenvalue weighted by atomic mass is 28.4. The molecule has 0 saturated heterocycles. The Kier molecular flexibility index (Phi) is 6.65. The van der Waals surface area contributed by atoms with Gasteiger partial charge in [-0.2, -0.15) is 0 Å². The van der Waals surface area contributed by atoms with E-state index in [-0.39, 0.29) is 0 Å². The molecule has 0 heterocycles. The van der Waals surface area contributed by atoms with Gasteiger partial charge in [-0.05, 0) is 18.5 Å². The van der Waals surface area contributed by atoms with Crippen LogP contribution in [0.3, 0.4) is 0 Å². The summed E-state index contributed by atoms with van der Waals surface area (Å²) >= 11 is 0. The Balaban J connectivity index is 3.76. The first kappa shape index (κ1) is 12.1. The molecule has 3 nitrogen and oxygen atoms in total. The smallest absolute Gasteiger partial charge is 0.337 e. The molecule has 0 unspecified atom stereocenters. The van der Waals surface area contributed by atoms with E-state index in [1.807, 2.05) is 0 Å². The average Bonchev–Trinajstić information content (AvgIpc) is 2.14. The third kappa shape index (κ3) is 3.67. The molecule has 0 aromatic carbocycles. The van der Waals surface area contributed by atoms with Crippen molar-refractivity contribution in [1.29, 1.82) is 0 Å². The van der Waals surface area contributed by atoms with E-state index in [9.17, 15) is 0 Å². The van der Waals surface area contributed by atoms with Crippen LogP contribution in [0.25, 0.3) is 0 Å². The second-order valence-corrected chi connectivity index (χ2v) is 6.61. The second kappa shape index (κ2) is 6.60. The summed E-state index contributed by atoms with van der Waals surface area (Å²) in [6, 6.07) is 2.02. The Bertz CT molecular complexity index is 96.2. The van der Waals surface area contributed by atoms with Crippen molar-refractivity contribution in [2.75, 3.05) is 27.9 Å². The van der Waals surface area contributed by atoms with Gasteiger partial charge in [0.25, 0.3) is 0 Å². The molecule has 0 N–H and O–H groups in total. The summed E-state index contributed by atoms with van der Waals surface area (Å²) in [5.74, 6) is 0. The zero-order chi connectivity index (χ0) is 9.45. The normalized spacial score (nSPS) is 12.0. The Morgan fingerprint density at radius 1 is 1.08 bits per heavy atom. The van der Waals surface area contributed by atoms with Gasteiger partial charge in [-0.1, -0.05) is 6.92 Å². The predicted molar refractivity (Wildman–Crippen MR) is 51.6 cm³/mol. The van der Waals surface area contributed by atoms with Crippen LogP contribution in [0.5, 0.6) is 0 Å². The van der Waals surface area contributed by atoms with Crippen LogP contribution >= 0.6 is 0 Å². The van der Waals surface area contributed by atoms with E-state index in [2.05, 4.69) is 6.92 Å². The van der Waals surface area contributed by atoms with Crippen molar-refractivity contribution >= 4 is 8.56 Å². The maximum absolute atomic E-state index is 5.44. The van der Waals surface area contributed by atoms with E-state index in [1.54, 1.807) is 21.3 Å². The molecule has 4 heteroatoms. The fourth-order valence-electron chi connectivity index (χ4n) is 1.24. The van der Waals surface area contributed by atoms with Gasteiger partial charge in [-0.25, -0.2) is 0 Å². The molecule has 0 fully saturated rings. The highest BCUT2D eigenvalue weighted by molar-refractivity contribution is 6.67. The molecule has 0 amide bonds. The first-order valence-corrected chi connectivity index (χ1v) is 6.57. The first-order chi connectivity index (χ1) is 5.74. The first-order valence-electron chi connectivity index (χ1n) is 4.34. The van der Waals surface area contributed by atoms with Gasteiger partial charge in [-0.3, -0.25) is 0 Å². The lowest BCUT2D eigenvalue weighted by Crippen LogP contribution is -2.39.